The van der Waals surface area contributed by atoms with Crippen LogP contribution in [0.15, 0.2) is 48.0 Å². The standard InChI is InChI=1S/C64H98N12O13S/c1-13-38(6)55(74(10)63(85)54(37(4)5)72-61(84)56-43-21-22-46(39(43)7)73(56)9)48(87-11)35-52(80)75-28-16-20-47(75)57(88-12)40(8)58(81)70-45(62-66-27-32-90-62)34-41-17-14-18-42(33-41)68-59(82)44(19-15-26-67-64(65)86)69-60(83)53(36(2)3)71-49(77)25-30-89-31-29-76-50(78)23-24-51(76)79/h14,17-18,23-24,27,32-33,36-40,43-48,53-57H,13,15-16,19-22,25-26,28-31,34-35H2,1-12H3,(H,68,82)(H,69,83)(H,70,81)(H,71,77)(H,72,84)(H3,65,67,86)/t38-,39-,40+,43?,44-,45-,46?,47-,48+,53?,54-,55?,56-,57+/m0/s1. The lowest BCUT2D eigenvalue weighted by molar-refractivity contribution is -0.148. The third-order valence-corrected chi connectivity index (χ3v) is 19.5. The number of rotatable bonds is 35. The van der Waals surface area contributed by atoms with Gasteiger partial charge >= 0.3 is 6.03 Å². The van der Waals surface area contributed by atoms with Gasteiger partial charge in [-0.2, -0.15) is 0 Å². The number of imide groups is 1. The number of amides is 11. The van der Waals surface area contributed by atoms with E-state index in [1.165, 1.54) is 30.6 Å². The van der Waals surface area contributed by atoms with Crippen LogP contribution in [0.2, 0.25) is 0 Å². The molecule has 2 saturated heterocycles. The van der Waals surface area contributed by atoms with E-state index in [9.17, 15) is 47.9 Å². The second-order valence-electron chi connectivity index (χ2n) is 25.2. The first-order valence-electron chi connectivity index (χ1n) is 31.8. The number of aromatic nitrogens is 1. The second-order valence-corrected chi connectivity index (χ2v) is 26.2. The second kappa shape index (κ2) is 34.0. The highest BCUT2D eigenvalue weighted by Gasteiger charge is 2.53. The fourth-order valence-electron chi connectivity index (χ4n) is 13.4. The van der Waals surface area contributed by atoms with E-state index in [0.29, 0.717) is 48.5 Å². The summed E-state index contributed by atoms with van der Waals surface area (Å²) in [6.07, 6.45) is 7.03. The normalized spacial score (nSPS) is 21.9. The number of benzene rings is 1. The van der Waals surface area contributed by atoms with Crippen LogP contribution in [0.3, 0.4) is 0 Å². The Labute approximate surface area is 533 Å². The molecule has 0 radical (unpaired) electrons. The molecule has 4 heterocycles. The van der Waals surface area contributed by atoms with Gasteiger partial charge in [0, 0.05) is 76.2 Å². The minimum absolute atomic E-state index is 0.0154. The molecular formula is C64H98N12O13S. The number of urea groups is 1. The van der Waals surface area contributed by atoms with Crippen molar-refractivity contribution in [3.63, 3.8) is 0 Å². The zero-order valence-corrected chi connectivity index (χ0v) is 55.3. The summed E-state index contributed by atoms with van der Waals surface area (Å²) in [6, 6.07) is 1.78. The van der Waals surface area contributed by atoms with Gasteiger partial charge in [-0.1, -0.05) is 73.9 Å². The predicted molar refractivity (Wildman–Crippen MR) is 339 cm³/mol. The number of likely N-dealkylation sites (tertiary alicyclic amines) is 2. The molecule has 14 atom stereocenters. The van der Waals surface area contributed by atoms with Crippen molar-refractivity contribution in [3.05, 3.63) is 58.6 Å². The van der Waals surface area contributed by atoms with E-state index in [4.69, 9.17) is 19.9 Å². The van der Waals surface area contributed by atoms with Gasteiger partial charge in [-0.05, 0) is 99.3 Å². The quantitative estimate of drug-likeness (QED) is 0.0383. The summed E-state index contributed by atoms with van der Waals surface area (Å²) in [5, 5.41) is 19.7. The molecule has 0 spiro atoms. The zero-order chi connectivity index (χ0) is 66.1. The topological polar surface area (TPSA) is 322 Å². The van der Waals surface area contributed by atoms with Crippen molar-refractivity contribution in [2.45, 2.75) is 180 Å². The average molecular weight is 1280 g/mol. The number of hydrogen-bond donors (Lipinski definition) is 7. The van der Waals surface area contributed by atoms with E-state index in [1.807, 2.05) is 46.2 Å². The third-order valence-electron chi connectivity index (χ3n) is 18.6. The molecule has 25 nitrogen and oxygen atoms in total. The monoisotopic (exact) mass is 1270 g/mol. The number of anilines is 1. The van der Waals surface area contributed by atoms with Crippen molar-refractivity contribution < 1.29 is 62.2 Å². The summed E-state index contributed by atoms with van der Waals surface area (Å²) >= 11 is 1.36. The van der Waals surface area contributed by atoms with Crippen molar-refractivity contribution in [2.24, 2.45) is 41.2 Å². The number of carbonyl (C=O) groups is 10. The van der Waals surface area contributed by atoms with Crippen LogP contribution in [0.25, 0.3) is 0 Å². The third kappa shape index (κ3) is 18.6. The van der Waals surface area contributed by atoms with Gasteiger partial charge in [0.15, 0.2) is 0 Å². The molecule has 1 saturated carbocycles. The van der Waals surface area contributed by atoms with E-state index in [2.05, 4.69) is 48.7 Å². The SMILES string of the molecule is CC[C@H](C)C([C@@H](CC(=O)N1CCC[C@H]1[C@H](OC)[C@@H](C)C(=O)N[C@@H](Cc1cccc(NC(=O)[C@H](CCCNC(N)=O)NC(=O)C(NC(=O)CCOCCN2C(=O)C=CC2=O)C(C)C)c1)c1nccs1)OC)N(C)C(=O)[C@@H](NC(=O)[C@@H]1C2CCC([C@H]2C)N1C)C(C)C. The van der Waals surface area contributed by atoms with E-state index < -0.39 is 95.9 Å². The predicted octanol–water partition coefficient (Wildman–Crippen LogP) is 3.68. The number of carbonyl (C=O) groups excluding carboxylic acids is 10. The van der Waals surface area contributed by atoms with Gasteiger partial charge in [0.05, 0.1) is 68.5 Å². The molecule has 3 fully saturated rings. The van der Waals surface area contributed by atoms with Crippen molar-refractivity contribution in [2.75, 3.05) is 66.5 Å². The number of hydrogen-bond acceptors (Lipinski definition) is 16. The smallest absolute Gasteiger partial charge is 0.312 e. The molecule has 3 aliphatic heterocycles. The Bertz CT molecular complexity index is 2820. The maximum atomic E-state index is 14.7. The van der Waals surface area contributed by atoms with Crippen molar-refractivity contribution in [1.82, 2.24) is 51.2 Å². The number of primary amides is 1. The van der Waals surface area contributed by atoms with Crippen LogP contribution in [-0.2, 0) is 63.8 Å². The van der Waals surface area contributed by atoms with Crippen molar-refractivity contribution in [1.29, 1.82) is 0 Å². The number of methoxy groups -OCH3 is 2. The Morgan fingerprint density at radius 2 is 1.58 bits per heavy atom. The highest BCUT2D eigenvalue weighted by Crippen LogP contribution is 2.46. The molecule has 2 aromatic rings. The highest BCUT2D eigenvalue weighted by molar-refractivity contribution is 7.09. The van der Waals surface area contributed by atoms with Gasteiger partial charge in [0.25, 0.3) is 11.8 Å². The van der Waals surface area contributed by atoms with E-state index >= 15 is 0 Å². The molecule has 11 amide bonds. The minimum atomic E-state index is -1.13. The lowest BCUT2D eigenvalue weighted by Crippen LogP contribution is -2.60. The van der Waals surface area contributed by atoms with Gasteiger partial charge in [-0.25, -0.2) is 9.78 Å². The maximum Gasteiger partial charge on any atom is 0.312 e. The first-order valence-corrected chi connectivity index (χ1v) is 32.7. The van der Waals surface area contributed by atoms with Crippen LogP contribution in [0.5, 0.6) is 0 Å². The first-order chi connectivity index (χ1) is 42.8. The fraction of sp³-hybridized carbons (Fsp3) is 0.672. The number of nitrogens with zero attached hydrogens (tertiary/aromatic N) is 5. The Morgan fingerprint density at radius 1 is 0.867 bits per heavy atom. The number of piperidine rings is 1. The molecule has 90 heavy (non-hydrogen) atoms. The summed E-state index contributed by atoms with van der Waals surface area (Å²) in [7, 11) is 6.83. The molecule has 2 bridgehead atoms. The number of nitrogens with two attached hydrogens (primary N) is 1. The Hall–Kier alpha value is -6.87. The summed E-state index contributed by atoms with van der Waals surface area (Å²) in [4.78, 5) is 145. The van der Waals surface area contributed by atoms with Crippen molar-refractivity contribution >= 4 is 76.2 Å². The molecule has 26 heteroatoms. The fourth-order valence-corrected chi connectivity index (χ4v) is 14.1. The molecule has 4 unspecified atom stereocenters. The van der Waals surface area contributed by atoms with Crippen LogP contribution in [0.4, 0.5) is 10.5 Å². The zero-order valence-electron chi connectivity index (χ0n) is 54.5. The summed E-state index contributed by atoms with van der Waals surface area (Å²) in [5.74, 6) is -4.27. The van der Waals surface area contributed by atoms with Gasteiger partial charge in [0.1, 0.15) is 23.1 Å². The molecule has 6 rings (SSSR count). The van der Waals surface area contributed by atoms with Crippen LogP contribution in [0, 0.1) is 35.5 Å². The molecule has 1 aliphatic carbocycles. The van der Waals surface area contributed by atoms with Gasteiger partial charge in [-0.15, -0.1) is 11.3 Å². The lowest BCUT2D eigenvalue weighted by atomic mass is 9.89. The Kier molecular flexibility index (Phi) is 27.3. The Balaban J connectivity index is 1.09. The molecule has 1 aromatic carbocycles. The minimum Gasteiger partial charge on any atom is -0.379 e. The van der Waals surface area contributed by atoms with Gasteiger partial charge in [-0.3, -0.25) is 53.0 Å². The molecule has 4 aliphatic rings. The largest absolute Gasteiger partial charge is 0.379 e. The van der Waals surface area contributed by atoms with Gasteiger partial charge < -0.3 is 61.6 Å². The molecule has 8 N–H and O–H groups in total. The molecule has 1 aromatic heterocycles. The van der Waals surface area contributed by atoms with Crippen LogP contribution < -0.4 is 37.6 Å². The van der Waals surface area contributed by atoms with E-state index in [0.717, 1.165) is 23.3 Å². The van der Waals surface area contributed by atoms with Crippen molar-refractivity contribution in [3.8, 4) is 0 Å². The lowest BCUT2D eigenvalue weighted by Gasteiger charge is -2.41. The molecule has 498 valence electrons. The van der Waals surface area contributed by atoms with Crippen LogP contribution in [0.1, 0.15) is 130 Å². The van der Waals surface area contributed by atoms with E-state index in [1.54, 1.807) is 69.1 Å². The average Bonchev–Trinajstić information content (AvgIpc) is 2.27. The first kappa shape index (κ1) is 72.2. The Morgan fingerprint density at radius 3 is 2.19 bits per heavy atom. The number of thiazole rings is 1. The summed E-state index contributed by atoms with van der Waals surface area (Å²) in [6.45, 7) is 15.9. The number of nitrogens with one attached hydrogen (secondary N) is 6. The number of likely N-dealkylation sites (N-methyl/N-ethyl adjacent to an activating group) is 2. The summed E-state index contributed by atoms with van der Waals surface area (Å²) in [5.41, 5.74) is 6.40. The highest BCUT2D eigenvalue weighted by atomic mass is 32.1. The van der Waals surface area contributed by atoms with E-state index in [-0.39, 0.29) is 106 Å². The van der Waals surface area contributed by atoms with Gasteiger partial charge in [0.2, 0.25) is 41.4 Å². The van der Waals surface area contributed by atoms with Crippen LogP contribution in [-0.4, -0.2) is 199 Å². The number of fused-ring (bicyclic) bond motifs is 2. The maximum absolute atomic E-state index is 14.7. The molecular weight excluding hydrogens is 1180 g/mol. The number of ether oxygens (including phenoxy) is 3. The van der Waals surface area contributed by atoms with Crippen LogP contribution >= 0.6 is 11.3 Å². The summed E-state index contributed by atoms with van der Waals surface area (Å²) < 4.78 is 17.8.